The number of carbonyl (C=O) groups is 3. The van der Waals surface area contributed by atoms with Gasteiger partial charge in [0.15, 0.2) is 0 Å². The number of nitrogens with two attached hydrogens (primary N) is 1. The second kappa shape index (κ2) is 9.25. The van der Waals surface area contributed by atoms with Gasteiger partial charge in [-0.1, -0.05) is 12.0 Å². The van der Waals surface area contributed by atoms with Crippen molar-refractivity contribution in [1.29, 1.82) is 0 Å². The molecule has 0 bridgehead atoms. The minimum absolute atomic E-state index is 0.254. The number of rotatable bonds is 5. The molecule has 3 N–H and O–H groups in total. The van der Waals surface area contributed by atoms with Crippen LogP contribution in [0, 0.1) is 12.3 Å². The summed E-state index contributed by atoms with van der Waals surface area (Å²) >= 11 is 0. The highest BCUT2D eigenvalue weighted by Crippen LogP contribution is 2.14. The minimum atomic E-state index is -0.982. The van der Waals surface area contributed by atoms with E-state index in [1.807, 2.05) is 5.32 Å². The number of terminal acetylenes is 1. The maximum absolute atomic E-state index is 12.1. The van der Waals surface area contributed by atoms with Gasteiger partial charge in [0.25, 0.3) is 5.91 Å². The monoisotopic (exact) mass is 357 g/mol. The van der Waals surface area contributed by atoms with Crippen molar-refractivity contribution in [2.45, 2.75) is 6.10 Å². The molecule has 1 saturated heterocycles. The summed E-state index contributed by atoms with van der Waals surface area (Å²) in [5.74, 6) is 2.02. The Balaban J connectivity index is 1.85. The van der Waals surface area contributed by atoms with Crippen LogP contribution in [-0.2, 0) is 14.3 Å². The first-order chi connectivity index (χ1) is 12.5. The van der Waals surface area contributed by atoms with E-state index in [1.54, 1.807) is 24.3 Å². The number of nitrogens with one attached hydrogen (secondary N) is 1. The summed E-state index contributed by atoms with van der Waals surface area (Å²) in [6, 6.07) is 6.14. The van der Waals surface area contributed by atoms with Crippen LogP contribution in [0.15, 0.2) is 36.4 Å². The molecule has 0 aromatic heterocycles. The van der Waals surface area contributed by atoms with E-state index >= 15 is 0 Å². The number of hydrogen-bond acceptors (Lipinski definition) is 5. The molecule has 8 nitrogen and oxygen atoms in total. The van der Waals surface area contributed by atoms with E-state index in [-0.39, 0.29) is 18.6 Å². The summed E-state index contributed by atoms with van der Waals surface area (Å²) in [4.78, 5) is 35.5. The Hall–Kier alpha value is -3.31. The number of nitrogens with zero attached hydrogens (tertiary/aromatic N) is 1. The zero-order valence-electron chi connectivity index (χ0n) is 14.0. The highest BCUT2D eigenvalue weighted by molar-refractivity contribution is 6.03. The molecule has 1 fully saturated rings. The van der Waals surface area contributed by atoms with Crippen molar-refractivity contribution in [1.82, 2.24) is 10.2 Å². The summed E-state index contributed by atoms with van der Waals surface area (Å²) < 4.78 is 11.3. The standard InChI is InChI=1S/C18H19N3O5/c1-2-13-4-3-5-14(10-13)26-12-15-11-21(8-9-25-15)17(23)7-6-16(22)20-18(19)24/h1,3-7,10,15H,8-9,11-12H2,(H3,19,20,22,24)/b7-6+. The molecule has 26 heavy (non-hydrogen) atoms. The Bertz CT molecular complexity index is 753. The quantitative estimate of drug-likeness (QED) is 0.570. The lowest BCUT2D eigenvalue weighted by Gasteiger charge is -2.32. The Labute approximate surface area is 150 Å². The summed E-state index contributed by atoms with van der Waals surface area (Å²) in [6.45, 7) is 1.31. The molecule has 1 heterocycles. The number of ether oxygens (including phenoxy) is 2. The summed E-state index contributed by atoms with van der Waals surface area (Å²) in [5.41, 5.74) is 5.53. The van der Waals surface area contributed by atoms with Gasteiger partial charge in [0.05, 0.1) is 13.2 Å². The SMILES string of the molecule is C#Cc1cccc(OCC2CN(C(=O)/C=C/C(=O)NC(N)=O)CCO2)c1. The Morgan fingerprint density at radius 1 is 1.42 bits per heavy atom. The van der Waals surface area contributed by atoms with Crippen molar-refractivity contribution < 1.29 is 23.9 Å². The van der Waals surface area contributed by atoms with E-state index < -0.39 is 11.9 Å². The van der Waals surface area contributed by atoms with Crippen LogP contribution in [0.5, 0.6) is 5.75 Å². The normalized spacial score (nSPS) is 16.7. The van der Waals surface area contributed by atoms with Crippen molar-refractivity contribution >= 4 is 17.8 Å². The third kappa shape index (κ3) is 5.96. The van der Waals surface area contributed by atoms with Crippen molar-refractivity contribution in [3.8, 4) is 18.1 Å². The van der Waals surface area contributed by atoms with Gasteiger partial charge in [-0.15, -0.1) is 6.42 Å². The molecule has 0 saturated carbocycles. The second-order valence-corrected chi connectivity index (χ2v) is 5.45. The largest absolute Gasteiger partial charge is 0.491 e. The second-order valence-electron chi connectivity index (χ2n) is 5.45. The molecule has 0 aliphatic carbocycles. The van der Waals surface area contributed by atoms with Gasteiger partial charge in [0, 0.05) is 24.3 Å². The van der Waals surface area contributed by atoms with E-state index in [0.717, 1.165) is 12.2 Å². The third-order valence-electron chi connectivity index (χ3n) is 3.51. The maximum Gasteiger partial charge on any atom is 0.319 e. The lowest BCUT2D eigenvalue weighted by atomic mass is 10.2. The van der Waals surface area contributed by atoms with Gasteiger partial charge in [-0.3, -0.25) is 14.9 Å². The molecular weight excluding hydrogens is 338 g/mol. The predicted molar refractivity (Wildman–Crippen MR) is 93.1 cm³/mol. The van der Waals surface area contributed by atoms with E-state index in [0.29, 0.717) is 31.0 Å². The smallest absolute Gasteiger partial charge is 0.319 e. The number of amides is 4. The van der Waals surface area contributed by atoms with Gasteiger partial charge in [0.1, 0.15) is 18.5 Å². The molecule has 1 aliphatic rings. The number of hydrogen-bond donors (Lipinski definition) is 2. The molecule has 0 radical (unpaired) electrons. The van der Waals surface area contributed by atoms with Crippen LogP contribution in [0.4, 0.5) is 4.79 Å². The topological polar surface area (TPSA) is 111 Å². The van der Waals surface area contributed by atoms with Gasteiger partial charge in [0.2, 0.25) is 5.91 Å². The van der Waals surface area contributed by atoms with E-state index in [4.69, 9.17) is 21.6 Å². The van der Waals surface area contributed by atoms with Crippen LogP contribution in [0.2, 0.25) is 0 Å². The third-order valence-corrected chi connectivity index (χ3v) is 3.51. The molecule has 4 amide bonds. The molecule has 2 rings (SSSR count). The summed E-state index contributed by atoms with van der Waals surface area (Å²) in [5, 5.41) is 1.84. The van der Waals surface area contributed by atoms with Crippen LogP contribution in [0.1, 0.15) is 5.56 Å². The Morgan fingerprint density at radius 3 is 2.96 bits per heavy atom. The van der Waals surface area contributed by atoms with E-state index in [2.05, 4.69) is 5.92 Å². The highest BCUT2D eigenvalue weighted by Gasteiger charge is 2.23. The zero-order chi connectivity index (χ0) is 18.9. The first-order valence-electron chi connectivity index (χ1n) is 7.86. The van der Waals surface area contributed by atoms with Gasteiger partial charge in [-0.05, 0) is 18.2 Å². The van der Waals surface area contributed by atoms with E-state index in [1.165, 1.54) is 4.90 Å². The molecule has 1 aliphatic heterocycles. The number of carbonyl (C=O) groups excluding carboxylic acids is 3. The van der Waals surface area contributed by atoms with Crippen molar-refractivity contribution in [2.75, 3.05) is 26.3 Å². The fourth-order valence-electron chi connectivity index (χ4n) is 2.30. The number of imide groups is 1. The van der Waals surface area contributed by atoms with Crippen LogP contribution in [-0.4, -0.2) is 55.2 Å². The summed E-state index contributed by atoms with van der Waals surface area (Å²) in [7, 11) is 0. The van der Waals surface area contributed by atoms with Crippen molar-refractivity contribution in [3.63, 3.8) is 0 Å². The van der Waals surface area contributed by atoms with Crippen LogP contribution < -0.4 is 15.8 Å². The molecule has 1 aromatic rings. The van der Waals surface area contributed by atoms with Crippen molar-refractivity contribution in [2.24, 2.45) is 5.73 Å². The zero-order valence-corrected chi connectivity index (χ0v) is 14.0. The Kier molecular flexibility index (Phi) is 6.76. The van der Waals surface area contributed by atoms with Gasteiger partial charge in [-0.2, -0.15) is 0 Å². The van der Waals surface area contributed by atoms with Crippen LogP contribution in [0.3, 0.4) is 0 Å². The van der Waals surface area contributed by atoms with Gasteiger partial charge < -0.3 is 20.1 Å². The fraction of sp³-hybridized carbons (Fsp3) is 0.278. The molecule has 1 aromatic carbocycles. The highest BCUT2D eigenvalue weighted by atomic mass is 16.5. The minimum Gasteiger partial charge on any atom is -0.491 e. The van der Waals surface area contributed by atoms with Crippen molar-refractivity contribution in [3.05, 3.63) is 42.0 Å². The Morgan fingerprint density at radius 2 is 2.23 bits per heavy atom. The summed E-state index contributed by atoms with van der Waals surface area (Å²) in [6.07, 6.45) is 7.08. The molecule has 1 unspecified atom stereocenters. The number of urea groups is 1. The molecule has 8 heteroatoms. The predicted octanol–water partition coefficient (Wildman–Crippen LogP) is 0.0252. The van der Waals surface area contributed by atoms with Gasteiger partial charge >= 0.3 is 6.03 Å². The van der Waals surface area contributed by atoms with Gasteiger partial charge in [-0.25, -0.2) is 4.79 Å². The number of benzene rings is 1. The fourth-order valence-corrected chi connectivity index (χ4v) is 2.30. The molecule has 136 valence electrons. The maximum atomic E-state index is 12.1. The van der Waals surface area contributed by atoms with E-state index in [9.17, 15) is 14.4 Å². The van der Waals surface area contributed by atoms with Crippen LogP contribution >= 0.6 is 0 Å². The average Bonchev–Trinajstić information content (AvgIpc) is 2.64. The first-order valence-corrected chi connectivity index (χ1v) is 7.86. The number of morpholine rings is 1. The number of primary amides is 1. The van der Waals surface area contributed by atoms with Crippen LogP contribution in [0.25, 0.3) is 0 Å². The molecular formula is C18H19N3O5. The average molecular weight is 357 g/mol. The first kappa shape index (κ1) is 19.0. The molecule has 0 spiro atoms. The lowest BCUT2D eigenvalue weighted by Crippen LogP contribution is -2.47. The lowest BCUT2D eigenvalue weighted by molar-refractivity contribution is -0.134. The molecule has 1 atom stereocenters.